The van der Waals surface area contributed by atoms with Gasteiger partial charge in [-0.25, -0.2) is 0 Å². The van der Waals surface area contributed by atoms with Crippen molar-refractivity contribution in [1.82, 2.24) is 20.0 Å². The molecule has 0 bridgehead atoms. The largest absolute Gasteiger partial charge is 0.506 e. The first-order valence-corrected chi connectivity index (χ1v) is 6.00. The van der Waals surface area contributed by atoms with Crippen LogP contribution in [-0.2, 0) is 4.74 Å². The van der Waals surface area contributed by atoms with E-state index in [9.17, 15) is 5.11 Å². The molecule has 1 aliphatic rings. The SMILES string of the molecule is CN1CCOC(c2noc(-c3cncc(O)c3)n2)C1. The van der Waals surface area contributed by atoms with Crippen molar-refractivity contribution >= 4 is 0 Å². The quantitative estimate of drug-likeness (QED) is 0.858. The van der Waals surface area contributed by atoms with Crippen molar-refractivity contribution in [2.24, 2.45) is 0 Å². The van der Waals surface area contributed by atoms with Crippen molar-refractivity contribution in [2.45, 2.75) is 6.10 Å². The molecule has 1 fully saturated rings. The van der Waals surface area contributed by atoms with Crippen LogP contribution in [0.25, 0.3) is 11.5 Å². The monoisotopic (exact) mass is 262 g/mol. The second-order valence-corrected chi connectivity index (χ2v) is 4.51. The van der Waals surface area contributed by atoms with Gasteiger partial charge < -0.3 is 19.3 Å². The van der Waals surface area contributed by atoms with Gasteiger partial charge in [-0.15, -0.1) is 0 Å². The molecule has 7 heteroatoms. The number of nitrogens with zero attached hydrogens (tertiary/aromatic N) is 4. The Morgan fingerprint density at radius 1 is 1.42 bits per heavy atom. The second-order valence-electron chi connectivity index (χ2n) is 4.51. The van der Waals surface area contributed by atoms with Crippen LogP contribution in [0.4, 0.5) is 0 Å². The minimum atomic E-state index is -0.179. The van der Waals surface area contributed by atoms with Gasteiger partial charge in [-0.1, -0.05) is 5.16 Å². The minimum absolute atomic E-state index is 0.0610. The third kappa shape index (κ3) is 2.56. The van der Waals surface area contributed by atoms with E-state index in [1.54, 1.807) is 6.20 Å². The topological polar surface area (TPSA) is 84.5 Å². The summed E-state index contributed by atoms with van der Waals surface area (Å²) < 4.78 is 10.8. The summed E-state index contributed by atoms with van der Waals surface area (Å²) in [7, 11) is 2.02. The summed E-state index contributed by atoms with van der Waals surface area (Å²) in [4.78, 5) is 10.3. The Morgan fingerprint density at radius 3 is 3.11 bits per heavy atom. The van der Waals surface area contributed by atoms with E-state index in [4.69, 9.17) is 9.26 Å². The molecule has 1 atom stereocenters. The van der Waals surface area contributed by atoms with Crippen molar-refractivity contribution in [2.75, 3.05) is 26.7 Å². The van der Waals surface area contributed by atoms with Gasteiger partial charge in [-0.3, -0.25) is 4.98 Å². The van der Waals surface area contributed by atoms with Crippen LogP contribution in [0.3, 0.4) is 0 Å². The summed E-state index contributed by atoms with van der Waals surface area (Å²) in [5.41, 5.74) is 0.586. The average molecular weight is 262 g/mol. The first kappa shape index (κ1) is 12.1. The molecule has 2 aromatic heterocycles. The van der Waals surface area contributed by atoms with Crippen molar-refractivity contribution in [3.05, 3.63) is 24.3 Å². The van der Waals surface area contributed by atoms with Crippen molar-refractivity contribution in [1.29, 1.82) is 0 Å². The Bertz CT molecular complexity index is 572. The summed E-state index contributed by atoms with van der Waals surface area (Å²) >= 11 is 0. The highest BCUT2D eigenvalue weighted by molar-refractivity contribution is 5.53. The van der Waals surface area contributed by atoms with Gasteiger partial charge in [0.1, 0.15) is 11.9 Å². The molecular weight excluding hydrogens is 248 g/mol. The lowest BCUT2D eigenvalue weighted by molar-refractivity contribution is -0.0264. The van der Waals surface area contributed by atoms with E-state index in [0.717, 1.165) is 13.1 Å². The fourth-order valence-electron chi connectivity index (χ4n) is 1.96. The van der Waals surface area contributed by atoms with Crippen molar-refractivity contribution < 1.29 is 14.4 Å². The number of morpholine rings is 1. The number of ether oxygens (including phenoxy) is 1. The Kier molecular flexibility index (Phi) is 3.14. The van der Waals surface area contributed by atoms with Gasteiger partial charge in [0.2, 0.25) is 5.82 Å². The highest BCUT2D eigenvalue weighted by atomic mass is 16.5. The zero-order valence-corrected chi connectivity index (χ0v) is 10.5. The van der Waals surface area contributed by atoms with Crippen molar-refractivity contribution in [3.8, 4) is 17.2 Å². The Morgan fingerprint density at radius 2 is 2.32 bits per heavy atom. The van der Waals surface area contributed by atoms with Crippen LogP contribution < -0.4 is 0 Å². The number of rotatable bonds is 2. The Hall–Kier alpha value is -1.99. The lowest BCUT2D eigenvalue weighted by atomic mass is 10.2. The van der Waals surface area contributed by atoms with Gasteiger partial charge in [0.25, 0.3) is 5.89 Å². The molecule has 0 spiro atoms. The maximum absolute atomic E-state index is 9.38. The van der Waals surface area contributed by atoms with Crippen LogP contribution in [0.15, 0.2) is 23.0 Å². The zero-order chi connectivity index (χ0) is 13.2. The number of aromatic hydroxyl groups is 1. The lowest BCUT2D eigenvalue weighted by Gasteiger charge is -2.27. The van der Waals surface area contributed by atoms with Gasteiger partial charge in [0.05, 0.1) is 18.4 Å². The second kappa shape index (κ2) is 4.94. The molecule has 100 valence electrons. The van der Waals surface area contributed by atoms with E-state index in [2.05, 4.69) is 20.0 Å². The first-order chi connectivity index (χ1) is 9.22. The predicted octanol–water partition coefficient (Wildman–Crippen LogP) is 0.840. The lowest BCUT2D eigenvalue weighted by Crippen LogP contribution is -2.35. The molecule has 0 saturated carbocycles. The van der Waals surface area contributed by atoms with Crippen LogP contribution in [0.5, 0.6) is 5.75 Å². The molecular formula is C12H14N4O3. The first-order valence-electron chi connectivity index (χ1n) is 6.00. The van der Waals surface area contributed by atoms with E-state index in [-0.39, 0.29) is 11.9 Å². The minimum Gasteiger partial charge on any atom is -0.506 e. The molecule has 3 rings (SSSR count). The normalized spacial score (nSPS) is 20.6. The molecule has 1 aliphatic heterocycles. The third-order valence-corrected chi connectivity index (χ3v) is 2.97. The number of pyridine rings is 1. The average Bonchev–Trinajstić information content (AvgIpc) is 2.88. The molecule has 1 saturated heterocycles. The number of hydrogen-bond donors (Lipinski definition) is 1. The molecule has 3 heterocycles. The van der Waals surface area contributed by atoms with Gasteiger partial charge >= 0.3 is 0 Å². The maximum Gasteiger partial charge on any atom is 0.259 e. The molecule has 0 amide bonds. The number of aromatic nitrogens is 3. The predicted molar refractivity (Wildman–Crippen MR) is 65.4 cm³/mol. The summed E-state index contributed by atoms with van der Waals surface area (Å²) in [6.45, 7) is 2.29. The van der Waals surface area contributed by atoms with E-state index in [1.165, 1.54) is 12.3 Å². The van der Waals surface area contributed by atoms with Crippen molar-refractivity contribution in [3.63, 3.8) is 0 Å². The van der Waals surface area contributed by atoms with Crippen LogP contribution in [0.2, 0.25) is 0 Å². The fraction of sp³-hybridized carbons (Fsp3) is 0.417. The van der Waals surface area contributed by atoms with Crippen LogP contribution in [0, 0.1) is 0 Å². The van der Waals surface area contributed by atoms with Gasteiger partial charge in [-0.2, -0.15) is 4.98 Å². The molecule has 0 radical (unpaired) electrons. The molecule has 1 N–H and O–H groups in total. The molecule has 7 nitrogen and oxygen atoms in total. The third-order valence-electron chi connectivity index (χ3n) is 2.97. The Labute approximate surface area is 109 Å². The Balaban J connectivity index is 1.83. The van der Waals surface area contributed by atoms with Gasteiger partial charge in [0, 0.05) is 19.3 Å². The van der Waals surface area contributed by atoms with E-state index in [1.807, 2.05) is 7.05 Å². The van der Waals surface area contributed by atoms with E-state index < -0.39 is 0 Å². The highest BCUT2D eigenvalue weighted by Gasteiger charge is 2.24. The maximum atomic E-state index is 9.38. The zero-order valence-electron chi connectivity index (χ0n) is 10.5. The van der Waals surface area contributed by atoms with Gasteiger partial charge in [0.15, 0.2) is 0 Å². The van der Waals surface area contributed by atoms with E-state index in [0.29, 0.717) is 23.9 Å². The molecule has 19 heavy (non-hydrogen) atoms. The molecule has 2 aromatic rings. The van der Waals surface area contributed by atoms with Crippen LogP contribution >= 0.6 is 0 Å². The van der Waals surface area contributed by atoms with E-state index >= 15 is 0 Å². The molecule has 1 unspecified atom stereocenters. The molecule has 0 aliphatic carbocycles. The molecule has 0 aromatic carbocycles. The van der Waals surface area contributed by atoms with Gasteiger partial charge in [-0.05, 0) is 13.1 Å². The summed E-state index contributed by atoms with van der Waals surface area (Å²) in [6, 6.07) is 1.53. The number of hydrogen-bond acceptors (Lipinski definition) is 7. The van der Waals surface area contributed by atoms with Crippen LogP contribution in [-0.4, -0.2) is 51.9 Å². The fourth-order valence-corrected chi connectivity index (χ4v) is 1.96. The van der Waals surface area contributed by atoms with Crippen LogP contribution in [0.1, 0.15) is 11.9 Å². The smallest absolute Gasteiger partial charge is 0.259 e. The highest BCUT2D eigenvalue weighted by Crippen LogP contribution is 2.24. The summed E-state index contributed by atoms with van der Waals surface area (Å²) in [5, 5.41) is 13.3. The summed E-state index contributed by atoms with van der Waals surface area (Å²) in [6.07, 6.45) is 2.73. The standard InChI is InChI=1S/C12H14N4O3/c1-16-2-3-18-10(7-16)11-14-12(19-15-11)8-4-9(17)6-13-5-8/h4-6,10,17H,2-3,7H2,1H3. The summed E-state index contributed by atoms with van der Waals surface area (Å²) in [5.74, 6) is 0.908. The number of likely N-dealkylation sites (N-methyl/N-ethyl adjacent to an activating group) is 1.